The first-order valence-corrected chi connectivity index (χ1v) is 11.8. The zero-order chi connectivity index (χ0) is 21.8. The first-order valence-electron chi connectivity index (χ1n) is 11.8. The molecule has 1 amide bonds. The van der Waals surface area contributed by atoms with E-state index in [2.05, 4.69) is 16.7 Å². The van der Waals surface area contributed by atoms with Gasteiger partial charge in [-0.1, -0.05) is 0 Å². The summed E-state index contributed by atoms with van der Waals surface area (Å²) in [4.78, 5) is 18.6. The smallest absolute Gasteiger partial charge is 0.250 e. The second-order valence-corrected chi connectivity index (χ2v) is 9.30. The minimum Gasteiger partial charge on any atom is -0.493 e. The molecular weight excluding hydrogens is 400 g/mol. The number of nitrogens with zero attached hydrogens (tertiary/aromatic N) is 3. The van der Waals surface area contributed by atoms with Crippen molar-refractivity contribution < 1.29 is 18.3 Å². The summed E-state index contributed by atoms with van der Waals surface area (Å²) in [6, 6.07) is 6.58. The lowest BCUT2D eigenvalue weighted by Crippen LogP contribution is -2.39. The topological polar surface area (TPSA) is 36.0 Å². The van der Waals surface area contributed by atoms with Crippen LogP contribution in [0.4, 0.5) is 14.5 Å². The van der Waals surface area contributed by atoms with Crippen molar-refractivity contribution in [3.63, 3.8) is 0 Å². The first kappa shape index (κ1) is 22.5. The van der Waals surface area contributed by atoms with Crippen LogP contribution in [0, 0.1) is 0 Å². The van der Waals surface area contributed by atoms with E-state index in [-0.39, 0.29) is 18.7 Å². The number of halogens is 2. The summed E-state index contributed by atoms with van der Waals surface area (Å²) in [5.41, 5.74) is 1.87. The van der Waals surface area contributed by atoms with Gasteiger partial charge in [0, 0.05) is 69.3 Å². The van der Waals surface area contributed by atoms with Crippen molar-refractivity contribution in [2.45, 2.75) is 70.4 Å². The number of carbonyl (C=O) groups excluding carboxylic acids is 1. The maximum atomic E-state index is 13.6. The molecule has 1 aromatic rings. The highest BCUT2D eigenvalue weighted by Gasteiger charge is 2.34. The molecule has 5 nitrogen and oxygen atoms in total. The SMILES string of the molecule is CC1CCCN1CCCOc1ccc(N2CCCC2=O)cc1CN1CCC(F)(F)CC1. The first-order chi connectivity index (χ1) is 14.9. The summed E-state index contributed by atoms with van der Waals surface area (Å²) < 4.78 is 33.3. The second kappa shape index (κ2) is 9.82. The van der Waals surface area contributed by atoms with Gasteiger partial charge in [-0.3, -0.25) is 9.69 Å². The molecule has 3 aliphatic heterocycles. The van der Waals surface area contributed by atoms with Crippen molar-refractivity contribution in [1.29, 1.82) is 0 Å². The van der Waals surface area contributed by atoms with Gasteiger partial charge in [0.2, 0.25) is 5.91 Å². The van der Waals surface area contributed by atoms with E-state index in [4.69, 9.17) is 4.74 Å². The van der Waals surface area contributed by atoms with E-state index in [1.54, 1.807) is 0 Å². The standard InChI is InChI=1S/C24H35F2N3O2/c1-19-5-2-11-28(19)12-4-16-31-22-8-7-21(29-13-3-6-23(29)30)17-20(22)18-27-14-9-24(25,26)10-15-27/h7-8,17,19H,2-6,9-16,18H2,1H3. The molecular formula is C24H35F2N3O2. The van der Waals surface area contributed by atoms with Crippen LogP contribution in [-0.2, 0) is 11.3 Å². The Morgan fingerprint density at radius 3 is 2.61 bits per heavy atom. The normalized spacial score (nSPS) is 24.8. The van der Waals surface area contributed by atoms with Crippen LogP contribution >= 0.6 is 0 Å². The number of piperidine rings is 1. The third kappa shape index (κ3) is 5.75. The highest BCUT2D eigenvalue weighted by molar-refractivity contribution is 5.95. The molecule has 0 bridgehead atoms. The summed E-state index contributed by atoms with van der Waals surface area (Å²) in [6.07, 6.45) is 4.79. The number of benzene rings is 1. The van der Waals surface area contributed by atoms with E-state index in [0.717, 1.165) is 42.9 Å². The predicted octanol–water partition coefficient (Wildman–Crippen LogP) is 4.30. The van der Waals surface area contributed by atoms with E-state index < -0.39 is 5.92 Å². The molecule has 0 aliphatic carbocycles. The third-order valence-corrected chi connectivity index (χ3v) is 6.95. The summed E-state index contributed by atoms with van der Waals surface area (Å²) >= 11 is 0. The van der Waals surface area contributed by atoms with Gasteiger partial charge >= 0.3 is 0 Å². The Hall–Kier alpha value is -1.73. The van der Waals surface area contributed by atoms with Gasteiger partial charge in [-0.2, -0.15) is 0 Å². The van der Waals surface area contributed by atoms with E-state index in [9.17, 15) is 13.6 Å². The Labute approximate surface area is 184 Å². The maximum Gasteiger partial charge on any atom is 0.250 e. The van der Waals surface area contributed by atoms with Crippen LogP contribution in [0.3, 0.4) is 0 Å². The van der Waals surface area contributed by atoms with Crippen molar-refractivity contribution in [3.8, 4) is 5.75 Å². The van der Waals surface area contributed by atoms with Crippen molar-refractivity contribution >= 4 is 11.6 Å². The number of carbonyl (C=O) groups is 1. The van der Waals surface area contributed by atoms with Gasteiger partial charge in [0.15, 0.2) is 0 Å². The van der Waals surface area contributed by atoms with Gasteiger partial charge in [0.25, 0.3) is 5.92 Å². The van der Waals surface area contributed by atoms with Crippen molar-refractivity contribution in [1.82, 2.24) is 9.80 Å². The third-order valence-electron chi connectivity index (χ3n) is 6.95. The van der Waals surface area contributed by atoms with Gasteiger partial charge in [0.05, 0.1) is 6.61 Å². The summed E-state index contributed by atoms with van der Waals surface area (Å²) in [5.74, 6) is -1.59. The Bertz CT molecular complexity index is 763. The van der Waals surface area contributed by atoms with Gasteiger partial charge in [-0.05, 0) is 57.4 Å². The van der Waals surface area contributed by atoms with Crippen LogP contribution < -0.4 is 9.64 Å². The second-order valence-electron chi connectivity index (χ2n) is 9.30. The number of rotatable bonds is 8. The summed E-state index contributed by atoms with van der Waals surface area (Å²) in [6.45, 7) is 7.20. The van der Waals surface area contributed by atoms with Crippen molar-refractivity contribution in [2.24, 2.45) is 0 Å². The molecule has 7 heteroatoms. The zero-order valence-electron chi connectivity index (χ0n) is 18.6. The minimum absolute atomic E-state index is 0.0957. The zero-order valence-corrected chi connectivity index (χ0v) is 18.6. The van der Waals surface area contributed by atoms with Crippen LogP contribution in [0.5, 0.6) is 5.75 Å². The van der Waals surface area contributed by atoms with Crippen LogP contribution in [0.15, 0.2) is 18.2 Å². The number of anilines is 1. The molecule has 1 unspecified atom stereocenters. The molecule has 1 aromatic carbocycles. The fourth-order valence-electron chi connectivity index (χ4n) is 4.97. The molecule has 31 heavy (non-hydrogen) atoms. The minimum atomic E-state index is -2.55. The van der Waals surface area contributed by atoms with Gasteiger partial charge in [-0.25, -0.2) is 8.78 Å². The number of hydrogen-bond acceptors (Lipinski definition) is 4. The number of amides is 1. The predicted molar refractivity (Wildman–Crippen MR) is 118 cm³/mol. The maximum absolute atomic E-state index is 13.6. The van der Waals surface area contributed by atoms with Crippen LogP contribution in [0.1, 0.15) is 57.4 Å². The molecule has 1 atom stereocenters. The Kier molecular flexibility index (Phi) is 7.12. The molecule has 3 saturated heterocycles. The van der Waals surface area contributed by atoms with E-state index >= 15 is 0 Å². The molecule has 3 heterocycles. The lowest BCUT2D eigenvalue weighted by atomic mass is 10.1. The number of likely N-dealkylation sites (tertiary alicyclic amines) is 2. The molecule has 0 aromatic heterocycles. The van der Waals surface area contributed by atoms with Gasteiger partial charge in [0.1, 0.15) is 5.75 Å². The largest absolute Gasteiger partial charge is 0.493 e. The molecule has 3 aliphatic rings. The quantitative estimate of drug-likeness (QED) is 0.571. The Balaban J connectivity index is 1.41. The number of alkyl halides is 2. The molecule has 0 spiro atoms. The Morgan fingerprint density at radius 2 is 1.94 bits per heavy atom. The van der Waals surface area contributed by atoms with E-state index in [1.165, 1.54) is 19.4 Å². The molecule has 172 valence electrons. The van der Waals surface area contributed by atoms with Gasteiger partial charge in [-0.15, -0.1) is 0 Å². The molecule has 0 N–H and O–H groups in total. The molecule has 3 fully saturated rings. The highest BCUT2D eigenvalue weighted by Crippen LogP contribution is 2.32. The Morgan fingerprint density at radius 1 is 1.13 bits per heavy atom. The fourth-order valence-corrected chi connectivity index (χ4v) is 4.97. The van der Waals surface area contributed by atoms with Gasteiger partial charge < -0.3 is 14.5 Å². The van der Waals surface area contributed by atoms with E-state index in [1.807, 2.05) is 23.1 Å². The average Bonchev–Trinajstić information content (AvgIpc) is 3.35. The summed E-state index contributed by atoms with van der Waals surface area (Å²) in [7, 11) is 0. The van der Waals surface area contributed by atoms with Crippen LogP contribution in [-0.4, -0.2) is 67.0 Å². The highest BCUT2D eigenvalue weighted by atomic mass is 19.3. The van der Waals surface area contributed by atoms with E-state index in [0.29, 0.717) is 38.7 Å². The van der Waals surface area contributed by atoms with Crippen LogP contribution in [0.2, 0.25) is 0 Å². The molecule has 0 saturated carbocycles. The summed E-state index contributed by atoms with van der Waals surface area (Å²) in [5, 5.41) is 0. The van der Waals surface area contributed by atoms with Crippen molar-refractivity contribution in [2.75, 3.05) is 44.2 Å². The number of hydrogen-bond donors (Lipinski definition) is 0. The average molecular weight is 436 g/mol. The fraction of sp³-hybridized carbons (Fsp3) is 0.708. The number of ether oxygens (including phenoxy) is 1. The van der Waals surface area contributed by atoms with Crippen molar-refractivity contribution in [3.05, 3.63) is 23.8 Å². The molecule has 4 rings (SSSR count). The van der Waals surface area contributed by atoms with Crippen LogP contribution in [0.25, 0.3) is 0 Å². The lowest BCUT2D eigenvalue weighted by Gasteiger charge is -2.32. The monoisotopic (exact) mass is 435 g/mol. The lowest BCUT2D eigenvalue weighted by molar-refractivity contribution is -0.117. The molecule has 0 radical (unpaired) electrons.